The van der Waals surface area contributed by atoms with Crippen LogP contribution < -0.4 is 5.32 Å². The lowest BCUT2D eigenvalue weighted by Crippen LogP contribution is -2.49. The Morgan fingerprint density at radius 3 is 2.71 bits per heavy atom. The molecule has 1 aromatic heterocycles. The van der Waals surface area contributed by atoms with Crippen molar-refractivity contribution in [1.82, 2.24) is 15.2 Å². The zero-order valence-corrected chi connectivity index (χ0v) is 12.1. The predicted molar refractivity (Wildman–Crippen MR) is 73.9 cm³/mol. The molecule has 2 heterocycles. The smallest absolute Gasteiger partial charge is 0.0410 e. The van der Waals surface area contributed by atoms with E-state index < -0.39 is 0 Å². The van der Waals surface area contributed by atoms with Gasteiger partial charge in [0.15, 0.2) is 0 Å². The van der Waals surface area contributed by atoms with Crippen molar-refractivity contribution in [2.75, 3.05) is 20.1 Å². The van der Waals surface area contributed by atoms with Gasteiger partial charge in [0.2, 0.25) is 0 Å². The second kappa shape index (κ2) is 5.46. The number of hydrogen-bond acceptors (Lipinski definition) is 3. The highest BCUT2D eigenvalue weighted by Gasteiger charge is 2.27. The van der Waals surface area contributed by atoms with E-state index in [4.69, 9.17) is 0 Å². The molecule has 0 amide bonds. The molecule has 0 aliphatic carbocycles. The quantitative estimate of drug-likeness (QED) is 0.929. The first-order valence-electron chi connectivity index (χ1n) is 6.12. The van der Waals surface area contributed by atoms with Crippen molar-refractivity contribution in [3.63, 3.8) is 0 Å². The van der Waals surface area contributed by atoms with E-state index in [-0.39, 0.29) is 0 Å². The summed E-state index contributed by atoms with van der Waals surface area (Å²) in [5.74, 6) is 0. The standard InChI is InChI=1S/C13H20BrN3/c1-13(15-2)3-5-17(6-4-13)10-11-7-12(14)9-16-8-11/h7-9,15H,3-6,10H2,1-2H3. The number of halogens is 1. The van der Waals surface area contributed by atoms with Gasteiger partial charge < -0.3 is 5.32 Å². The van der Waals surface area contributed by atoms with Crippen molar-refractivity contribution in [2.45, 2.75) is 31.8 Å². The maximum Gasteiger partial charge on any atom is 0.0410 e. The summed E-state index contributed by atoms with van der Waals surface area (Å²) in [6, 6.07) is 2.15. The zero-order chi connectivity index (χ0) is 12.3. The lowest BCUT2D eigenvalue weighted by Gasteiger charge is -2.39. The molecule has 3 nitrogen and oxygen atoms in total. The highest BCUT2D eigenvalue weighted by Crippen LogP contribution is 2.22. The minimum absolute atomic E-state index is 0.325. The molecule has 2 rings (SSSR count). The molecule has 0 radical (unpaired) electrons. The van der Waals surface area contributed by atoms with E-state index in [1.54, 1.807) is 0 Å². The van der Waals surface area contributed by atoms with Crippen molar-refractivity contribution >= 4 is 15.9 Å². The Labute approximate surface area is 112 Å². The summed E-state index contributed by atoms with van der Waals surface area (Å²) in [5.41, 5.74) is 1.61. The Hall–Kier alpha value is -0.450. The van der Waals surface area contributed by atoms with Crippen molar-refractivity contribution in [1.29, 1.82) is 0 Å². The Morgan fingerprint density at radius 1 is 1.41 bits per heavy atom. The lowest BCUT2D eigenvalue weighted by molar-refractivity contribution is 0.146. The lowest BCUT2D eigenvalue weighted by atomic mass is 9.90. The minimum Gasteiger partial charge on any atom is -0.314 e. The fraction of sp³-hybridized carbons (Fsp3) is 0.615. The van der Waals surface area contributed by atoms with E-state index in [0.717, 1.165) is 24.1 Å². The van der Waals surface area contributed by atoms with Crippen LogP contribution in [0.1, 0.15) is 25.3 Å². The Bertz CT molecular complexity index is 373. The van der Waals surface area contributed by atoms with Crippen LogP contribution in [-0.2, 0) is 6.54 Å². The fourth-order valence-corrected chi connectivity index (χ4v) is 2.67. The third-order valence-electron chi connectivity index (χ3n) is 3.73. The highest BCUT2D eigenvalue weighted by atomic mass is 79.9. The minimum atomic E-state index is 0.325. The topological polar surface area (TPSA) is 28.2 Å². The number of rotatable bonds is 3. The van der Waals surface area contributed by atoms with Gasteiger partial charge in [-0.25, -0.2) is 0 Å². The molecule has 1 N–H and O–H groups in total. The van der Waals surface area contributed by atoms with Gasteiger partial charge in [-0.2, -0.15) is 0 Å². The number of piperidine rings is 1. The van der Waals surface area contributed by atoms with E-state index in [0.29, 0.717) is 5.54 Å². The van der Waals surface area contributed by atoms with Crippen molar-refractivity contribution in [3.05, 3.63) is 28.5 Å². The number of nitrogens with one attached hydrogen (secondary N) is 1. The van der Waals surface area contributed by atoms with Crippen LogP contribution in [-0.4, -0.2) is 35.6 Å². The van der Waals surface area contributed by atoms with Gasteiger partial charge in [-0.05, 0) is 54.4 Å². The molecule has 1 aliphatic heterocycles. The van der Waals surface area contributed by atoms with Crippen molar-refractivity contribution in [2.24, 2.45) is 0 Å². The fourth-order valence-electron chi connectivity index (χ4n) is 2.26. The van der Waals surface area contributed by atoms with E-state index in [1.165, 1.54) is 18.4 Å². The molecule has 0 bridgehead atoms. The summed E-state index contributed by atoms with van der Waals surface area (Å²) in [7, 11) is 2.06. The monoisotopic (exact) mass is 297 g/mol. The van der Waals surface area contributed by atoms with Crippen LogP contribution in [0.4, 0.5) is 0 Å². The molecule has 0 saturated carbocycles. The first kappa shape index (κ1) is 13.0. The second-order valence-corrected chi connectivity index (χ2v) is 6.01. The summed E-state index contributed by atoms with van der Waals surface area (Å²) in [4.78, 5) is 6.71. The number of hydrogen-bond donors (Lipinski definition) is 1. The summed E-state index contributed by atoms with van der Waals surface area (Å²) in [6.07, 6.45) is 6.21. The number of nitrogens with zero attached hydrogens (tertiary/aromatic N) is 2. The molecule has 4 heteroatoms. The third-order valence-corrected chi connectivity index (χ3v) is 4.16. The third kappa shape index (κ3) is 3.50. The normalized spacial score (nSPS) is 20.4. The van der Waals surface area contributed by atoms with Gasteiger partial charge in [0.05, 0.1) is 0 Å². The van der Waals surface area contributed by atoms with E-state index in [2.05, 4.69) is 51.2 Å². The molecule has 1 aromatic rings. The average Bonchev–Trinajstić information content (AvgIpc) is 2.33. The Kier molecular flexibility index (Phi) is 4.17. The van der Waals surface area contributed by atoms with Crippen LogP contribution in [0.3, 0.4) is 0 Å². The zero-order valence-electron chi connectivity index (χ0n) is 10.5. The van der Waals surface area contributed by atoms with E-state index in [1.807, 2.05) is 12.4 Å². The summed E-state index contributed by atoms with van der Waals surface area (Å²) >= 11 is 3.47. The molecule has 0 atom stereocenters. The highest BCUT2D eigenvalue weighted by molar-refractivity contribution is 9.10. The Morgan fingerprint density at radius 2 is 2.12 bits per heavy atom. The van der Waals surface area contributed by atoms with Gasteiger partial charge in [0.25, 0.3) is 0 Å². The van der Waals surface area contributed by atoms with Gasteiger partial charge >= 0.3 is 0 Å². The molecule has 0 unspecified atom stereocenters. The predicted octanol–water partition coefficient (Wildman–Crippen LogP) is 2.42. The molecule has 0 aromatic carbocycles. The maximum absolute atomic E-state index is 4.21. The van der Waals surface area contributed by atoms with Gasteiger partial charge in [-0.3, -0.25) is 9.88 Å². The molecule has 94 valence electrons. The largest absolute Gasteiger partial charge is 0.314 e. The van der Waals surface area contributed by atoms with E-state index in [9.17, 15) is 0 Å². The van der Waals surface area contributed by atoms with Crippen molar-refractivity contribution in [3.8, 4) is 0 Å². The summed E-state index contributed by atoms with van der Waals surface area (Å²) in [5, 5.41) is 3.43. The SMILES string of the molecule is CNC1(C)CCN(Cc2cncc(Br)c2)CC1. The first-order valence-corrected chi connectivity index (χ1v) is 6.91. The van der Waals surface area contributed by atoms with Gasteiger partial charge in [0, 0.05) is 42.0 Å². The molecular weight excluding hydrogens is 278 g/mol. The van der Waals surface area contributed by atoms with Crippen LogP contribution in [0, 0.1) is 0 Å². The average molecular weight is 298 g/mol. The molecule has 1 aliphatic rings. The Balaban J connectivity index is 1.90. The molecule has 1 saturated heterocycles. The van der Waals surface area contributed by atoms with Crippen LogP contribution in [0.5, 0.6) is 0 Å². The number of aromatic nitrogens is 1. The molecule has 17 heavy (non-hydrogen) atoms. The summed E-state index contributed by atoms with van der Waals surface area (Å²) < 4.78 is 1.06. The summed E-state index contributed by atoms with van der Waals surface area (Å²) in [6.45, 7) is 5.63. The van der Waals surface area contributed by atoms with Crippen LogP contribution >= 0.6 is 15.9 Å². The van der Waals surface area contributed by atoms with E-state index >= 15 is 0 Å². The molecule has 1 fully saturated rings. The van der Waals surface area contributed by atoms with Crippen LogP contribution in [0.25, 0.3) is 0 Å². The molecular formula is C13H20BrN3. The molecule has 0 spiro atoms. The van der Waals surface area contributed by atoms with Crippen LogP contribution in [0.2, 0.25) is 0 Å². The number of likely N-dealkylation sites (tertiary alicyclic amines) is 1. The first-order chi connectivity index (χ1) is 8.11. The van der Waals surface area contributed by atoms with Crippen molar-refractivity contribution < 1.29 is 0 Å². The van der Waals surface area contributed by atoms with Gasteiger partial charge in [-0.1, -0.05) is 0 Å². The second-order valence-electron chi connectivity index (χ2n) is 5.10. The van der Waals surface area contributed by atoms with Gasteiger partial charge in [-0.15, -0.1) is 0 Å². The van der Waals surface area contributed by atoms with Gasteiger partial charge in [0.1, 0.15) is 0 Å². The number of pyridine rings is 1. The van der Waals surface area contributed by atoms with Crippen LogP contribution in [0.15, 0.2) is 22.9 Å². The maximum atomic E-state index is 4.21.